The third-order valence-electron chi connectivity index (χ3n) is 3.05. The van der Waals surface area contributed by atoms with Crippen LogP contribution >= 0.6 is 0 Å². The molecule has 1 atom stereocenters. The van der Waals surface area contributed by atoms with E-state index in [1.807, 2.05) is 25.7 Å². The molecule has 1 aliphatic rings. The number of rotatable bonds is 1. The summed E-state index contributed by atoms with van der Waals surface area (Å²) in [6.45, 7) is 7.43. The monoisotopic (exact) mass is 212 g/mol. The second-order valence-corrected chi connectivity index (χ2v) is 5.49. The maximum Gasteiger partial charge on any atom is 0.228 e. The number of nitrogens with zero attached hydrogens (tertiary/aromatic N) is 1. The minimum Gasteiger partial charge on any atom is -0.338 e. The van der Waals surface area contributed by atoms with Crippen LogP contribution in [-0.4, -0.2) is 29.9 Å². The molecule has 0 aliphatic carbocycles. The number of likely N-dealkylation sites (tertiary alicyclic amines) is 1. The van der Waals surface area contributed by atoms with Gasteiger partial charge in [-0.05, 0) is 12.8 Å². The van der Waals surface area contributed by atoms with Crippen molar-refractivity contribution in [2.75, 3.05) is 13.1 Å². The van der Waals surface area contributed by atoms with Crippen molar-refractivity contribution in [1.82, 2.24) is 4.90 Å². The largest absolute Gasteiger partial charge is 0.338 e. The van der Waals surface area contributed by atoms with E-state index in [0.29, 0.717) is 6.54 Å². The maximum absolute atomic E-state index is 12.2. The Morgan fingerprint density at radius 2 is 2.00 bits per heavy atom. The molecule has 0 aromatic carbocycles. The zero-order valence-electron chi connectivity index (χ0n) is 10.3. The van der Waals surface area contributed by atoms with Gasteiger partial charge in [0.05, 0.1) is 0 Å². The van der Waals surface area contributed by atoms with E-state index in [1.165, 1.54) is 12.8 Å². The fourth-order valence-electron chi connectivity index (χ4n) is 2.12. The lowest BCUT2D eigenvalue weighted by molar-refractivity contribution is -0.141. The molecule has 1 heterocycles. The van der Waals surface area contributed by atoms with Gasteiger partial charge in [0, 0.05) is 24.5 Å². The lowest BCUT2D eigenvalue weighted by atomic mass is 9.93. The molecular formula is C12H24N2O. The number of carbonyl (C=O) groups is 1. The first-order valence-electron chi connectivity index (χ1n) is 5.98. The highest BCUT2D eigenvalue weighted by Gasteiger charge is 2.31. The fourth-order valence-corrected chi connectivity index (χ4v) is 2.12. The van der Waals surface area contributed by atoms with Gasteiger partial charge in [0.1, 0.15) is 0 Å². The van der Waals surface area contributed by atoms with Crippen molar-refractivity contribution in [3.8, 4) is 0 Å². The number of carbonyl (C=O) groups excluding carboxylic acids is 1. The van der Waals surface area contributed by atoms with E-state index in [1.54, 1.807) is 0 Å². The zero-order chi connectivity index (χ0) is 11.5. The first-order valence-corrected chi connectivity index (χ1v) is 5.98. The maximum atomic E-state index is 12.2. The van der Waals surface area contributed by atoms with Crippen LogP contribution in [0.4, 0.5) is 0 Å². The third-order valence-corrected chi connectivity index (χ3v) is 3.05. The lowest BCUT2D eigenvalue weighted by Gasteiger charge is -2.34. The molecule has 1 unspecified atom stereocenters. The van der Waals surface area contributed by atoms with E-state index in [-0.39, 0.29) is 17.4 Å². The number of hydrogen-bond acceptors (Lipinski definition) is 2. The molecule has 0 saturated carbocycles. The summed E-state index contributed by atoms with van der Waals surface area (Å²) in [6.07, 6.45) is 4.62. The molecule has 0 aromatic rings. The molecule has 3 heteroatoms. The molecule has 1 rings (SSSR count). The minimum atomic E-state index is -0.280. The Balaban J connectivity index is 2.74. The third kappa shape index (κ3) is 3.20. The molecule has 0 aromatic heterocycles. The van der Waals surface area contributed by atoms with Gasteiger partial charge in [0.2, 0.25) is 5.91 Å². The highest BCUT2D eigenvalue weighted by atomic mass is 16.2. The fraction of sp³-hybridized carbons (Fsp3) is 0.917. The van der Waals surface area contributed by atoms with Gasteiger partial charge in [-0.2, -0.15) is 0 Å². The SMILES string of the molecule is CC(C)(C)C(=O)N1CCCCCC1CN. The predicted molar refractivity (Wildman–Crippen MR) is 62.5 cm³/mol. The molecule has 1 aliphatic heterocycles. The van der Waals surface area contributed by atoms with Crippen molar-refractivity contribution >= 4 is 5.91 Å². The van der Waals surface area contributed by atoms with Gasteiger partial charge >= 0.3 is 0 Å². The standard InChI is InChI=1S/C12H24N2O/c1-12(2,3)11(15)14-8-6-4-5-7-10(14)9-13/h10H,4-9,13H2,1-3H3. The first kappa shape index (κ1) is 12.5. The highest BCUT2D eigenvalue weighted by molar-refractivity contribution is 5.81. The molecule has 15 heavy (non-hydrogen) atoms. The van der Waals surface area contributed by atoms with E-state index in [9.17, 15) is 4.79 Å². The van der Waals surface area contributed by atoms with Crippen LogP contribution in [0.2, 0.25) is 0 Å². The Bertz CT molecular complexity index is 220. The van der Waals surface area contributed by atoms with Crippen molar-refractivity contribution in [3.63, 3.8) is 0 Å². The van der Waals surface area contributed by atoms with Crippen molar-refractivity contribution in [2.24, 2.45) is 11.1 Å². The van der Waals surface area contributed by atoms with Crippen LogP contribution in [0.1, 0.15) is 46.5 Å². The van der Waals surface area contributed by atoms with Gasteiger partial charge in [-0.25, -0.2) is 0 Å². The van der Waals surface area contributed by atoms with Gasteiger partial charge in [-0.15, -0.1) is 0 Å². The van der Waals surface area contributed by atoms with Crippen LogP contribution in [0.3, 0.4) is 0 Å². The summed E-state index contributed by atoms with van der Waals surface area (Å²) in [5.74, 6) is 0.250. The highest BCUT2D eigenvalue weighted by Crippen LogP contribution is 2.23. The second-order valence-electron chi connectivity index (χ2n) is 5.49. The lowest BCUT2D eigenvalue weighted by Crippen LogP contribution is -2.48. The summed E-state index contributed by atoms with van der Waals surface area (Å²) in [7, 11) is 0. The summed E-state index contributed by atoms with van der Waals surface area (Å²) >= 11 is 0. The van der Waals surface area contributed by atoms with Gasteiger partial charge < -0.3 is 10.6 Å². The van der Waals surface area contributed by atoms with E-state index in [2.05, 4.69) is 0 Å². The number of amides is 1. The van der Waals surface area contributed by atoms with Crippen LogP contribution in [0.15, 0.2) is 0 Å². The Hall–Kier alpha value is -0.570. The van der Waals surface area contributed by atoms with E-state index >= 15 is 0 Å². The van der Waals surface area contributed by atoms with Gasteiger partial charge in [-0.1, -0.05) is 33.6 Å². The zero-order valence-corrected chi connectivity index (χ0v) is 10.3. The molecule has 1 amide bonds. The average Bonchev–Trinajstić information content (AvgIpc) is 2.39. The Morgan fingerprint density at radius 3 is 2.53 bits per heavy atom. The van der Waals surface area contributed by atoms with E-state index < -0.39 is 0 Å². The predicted octanol–water partition coefficient (Wildman–Crippen LogP) is 1.76. The summed E-state index contributed by atoms with van der Waals surface area (Å²) in [6, 6.07) is 0.263. The van der Waals surface area contributed by atoms with Crippen LogP contribution < -0.4 is 5.73 Å². The quantitative estimate of drug-likeness (QED) is 0.720. The molecule has 1 fully saturated rings. The molecule has 1 saturated heterocycles. The Labute approximate surface area is 93.0 Å². The van der Waals surface area contributed by atoms with E-state index in [4.69, 9.17) is 5.73 Å². The van der Waals surface area contributed by atoms with Crippen LogP contribution in [0, 0.1) is 5.41 Å². The van der Waals surface area contributed by atoms with Crippen LogP contribution in [0.5, 0.6) is 0 Å². The van der Waals surface area contributed by atoms with Crippen molar-refractivity contribution in [3.05, 3.63) is 0 Å². The van der Waals surface area contributed by atoms with Gasteiger partial charge in [0.15, 0.2) is 0 Å². The first-order chi connectivity index (χ1) is 6.96. The summed E-state index contributed by atoms with van der Waals surface area (Å²) in [5.41, 5.74) is 5.47. The Morgan fingerprint density at radius 1 is 1.33 bits per heavy atom. The topological polar surface area (TPSA) is 46.3 Å². The Kier molecular flexibility index (Phi) is 4.14. The van der Waals surface area contributed by atoms with E-state index in [0.717, 1.165) is 19.4 Å². The van der Waals surface area contributed by atoms with Gasteiger partial charge in [-0.3, -0.25) is 4.79 Å². The molecule has 3 nitrogen and oxygen atoms in total. The molecule has 0 bridgehead atoms. The number of nitrogens with two attached hydrogens (primary N) is 1. The minimum absolute atomic E-state index is 0.250. The number of hydrogen-bond donors (Lipinski definition) is 1. The second kappa shape index (κ2) is 4.97. The van der Waals surface area contributed by atoms with Crippen LogP contribution in [-0.2, 0) is 4.79 Å². The smallest absolute Gasteiger partial charge is 0.228 e. The summed E-state index contributed by atoms with van der Waals surface area (Å²) in [5, 5.41) is 0. The normalized spacial score (nSPS) is 23.7. The van der Waals surface area contributed by atoms with Crippen LogP contribution in [0.25, 0.3) is 0 Å². The summed E-state index contributed by atoms with van der Waals surface area (Å²) < 4.78 is 0. The summed E-state index contributed by atoms with van der Waals surface area (Å²) in [4.78, 5) is 14.2. The van der Waals surface area contributed by atoms with Crippen molar-refractivity contribution < 1.29 is 4.79 Å². The molecular weight excluding hydrogens is 188 g/mol. The van der Waals surface area contributed by atoms with Gasteiger partial charge in [0.25, 0.3) is 0 Å². The van der Waals surface area contributed by atoms with Crippen molar-refractivity contribution in [1.29, 1.82) is 0 Å². The molecule has 2 N–H and O–H groups in total. The van der Waals surface area contributed by atoms with Crippen molar-refractivity contribution in [2.45, 2.75) is 52.5 Å². The average molecular weight is 212 g/mol. The molecule has 0 spiro atoms. The molecule has 0 radical (unpaired) electrons. The molecule has 88 valence electrons.